The van der Waals surface area contributed by atoms with Gasteiger partial charge in [-0.1, -0.05) is 12.2 Å². The highest BCUT2D eigenvalue weighted by Gasteiger charge is 2.41. The lowest BCUT2D eigenvalue weighted by Crippen LogP contribution is -2.57. The third-order valence-electron chi connectivity index (χ3n) is 2.97. The summed E-state index contributed by atoms with van der Waals surface area (Å²) in [6, 6.07) is -0.631. The van der Waals surface area contributed by atoms with Crippen molar-refractivity contribution in [3.8, 4) is 0 Å². The first-order chi connectivity index (χ1) is 8.15. The van der Waals surface area contributed by atoms with Crippen LogP contribution >= 0.6 is 0 Å². The first kappa shape index (κ1) is 11.6. The molecule has 0 aromatic carbocycles. The van der Waals surface area contributed by atoms with Gasteiger partial charge in [0.1, 0.15) is 5.92 Å². The molecule has 90 valence electrons. The molecule has 1 saturated heterocycles. The Morgan fingerprint density at radius 1 is 1.47 bits per heavy atom. The fourth-order valence-electron chi connectivity index (χ4n) is 2.12. The maximum absolute atomic E-state index is 12.1. The highest BCUT2D eigenvalue weighted by Crippen LogP contribution is 2.26. The lowest BCUT2D eigenvalue weighted by atomic mass is 10.0. The van der Waals surface area contributed by atoms with Gasteiger partial charge in [0.05, 0.1) is 0 Å². The summed E-state index contributed by atoms with van der Waals surface area (Å²) in [7, 11) is 0. The maximum Gasteiger partial charge on any atom is 0.335 e. The van der Waals surface area contributed by atoms with Gasteiger partial charge in [0.2, 0.25) is 11.8 Å². The molecule has 1 atom stereocenters. The molecule has 1 aliphatic carbocycles. The minimum absolute atomic E-state index is 0.252. The summed E-state index contributed by atoms with van der Waals surface area (Å²) < 4.78 is 0. The van der Waals surface area contributed by atoms with E-state index in [0.717, 1.165) is 17.7 Å². The number of imide groups is 2. The van der Waals surface area contributed by atoms with Gasteiger partial charge in [0, 0.05) is 5.70 Å². The number of hydrogen-bond donors (Lipinski definition) is 1. The van der Waals surface area contributed by atoms with Gasteiger partial charge >= 0.3 is 6.03 Å². The summed E-state index contributed by atoms with van der Waals surface area (Å²) >= 11 is 0. The number of rotatable bonds is 3. The molecule has 1 unspecified atom stereocenters. The van der Waals surface area contributed by atoms with Gasteiger partial charge in [0.25, 0.3) is 0 Å². The smallest absolute Gasteiger partial charge is 0.277 e. The van der Waals surface area contributed by atoms with Crippen LogP contribution in [-0.2, 0) is 9.59 Å². The quantitative estimate of drug-likeness (QED) is 0.591. The van der Waals surface area contributed by atoms with Gasteiger partial charge in [-0.15, -0.1) is 6.58 Å². The van der Waals surface area contributed by atoms with Gasteiger partial charge in [-0.3, -0.25) is 14.9 Å². The van der Waals surface area contributed by atoms with E-state index in [1.54, 1.807) is 0 Å². The van der Waals surface area contributed by atoms with Crippen molar-refractivity contribution >= 4 is 17.8 Å². The molecule has 2 aliphatic rings. The predicted molar refractivity (Wildman–Crippen MR) is 60.6 cm³/mol. The van der Waals surface area contributed by atoms with E-state index in [4.69, 9.17) is 0 Å². The van der Waals surface area contributed by atoms with E-state index in [1.165, 1.54) is 6.08 Å². The molecule has 5 nitrogen and oxygen atoms in total. The largest absolute Gasteiger partial charge is 0.335 e. The molecule has 17 heavy (non-hydrogen) atoms. The van der Waals surface area contributed by atoms with Crippen LogP contribution in [-0.4, -0.2) is 22.7 Å². The highest BCUT2D eigenvalue weighted by atomic mass is 16.2. The summed E-state index contributed by atoms with van der Waals surface area (Å²) in [4.78, 5) is 36.4. The first-order valence-electron chi connectivity index (χ1n) is 5.64. The molecular formula is C12H14N2O3. The molecule has 1 heterocycles. The Bertz CT molecular complexity index is 425. The summed E-state index contributed by atoms with van der Waals surface area (Å²) in [5.74, 6) is -1.80. The molecule has 1 aliphatic heterocycles. The van der Waals surface area contributed by atoms with E-state index >= 15 is 0 Å². The Balaban J connectivity index is 2.25. The van der Waals surface area contributed by atoms with Crippen LogP contribution in [0, 0.1) is 5.92 Å². The van der Waals surface area contributed by atoms with E-state index in [0.29, 0.717) is 12.1 Å². The molecule has 5 heteroatoms. The minimum Gasteiger partial charge on any atom is -0.277 e. The Morgan fingerprint density at radius 3 is 2.82 bits per heavy atom. The van der Waals surface area contributed by atoms with E-state index < -0.39 is 23.8 Å². The predicted octanol–water partition coefficient (Wildman–Crippen LogP) is 1.32. The molecule has 0 aromatic heterocycles. The second-order valence-corrected chi connectivity index (χ2v) is 4.13. The van der Waals surface area contributed by atoms with Crippen LogP contribution < -0.4 is 5.32 Å². The van der Waals surface area contributed by atoms with Crippen molar-refractivity contribution in [2.75, 3.05) is 0 Å². The third-order valence-corrected chi connectivity index (χ3v) is 2.97. The van der Waals surface area contributed by atoms with Gasteiger partial charge in [-0.25, -0.2) is 9.69 Å². The van der Waals surface area contributed by atoms with Crippen LogP contribution in [0.4, 0.5) is 4.79 Å². The Kier molecular flexibility index (Phi) is 3.08. The fourth-order valence-corrected chi connectivity index (χ4v) is 2.12. The fraction of sp³-hybridized carbons (Fsp3) is 0.417. The van der Waals surface area contributed by atoms with Crippen molar-refractivity contribution in [1.29, 1.82) is 0 Å². The Hall–Kier alpha value is -1.91. The second-order valence-electron chi connectivity index (χ2n) is 4.13. The number of carbonyl (C=O) groups is 3. The van der Waals surface area contributed by atoms with E-state index in [1.807, 2.05) is 6.08 Å². The van der Waals surface area contributed by atoms with Crippen LogP contribution in [0.25, 0.3) is 0 Å². The summed E-state index contributed by atoms with van der Waals surface area (Å²) in [6.45, 7) is 3.51. The topological polar surface area (TPSA) is 66.5 Å². The van der Waals surface area contributed by atoms with Crippen LogP contribution in [0.2, 0.25) is 0 Å². The summed E-state index contributed by atoms with van der Waals surface area (Å²) in [5.41, 5.74) is 0.703. The van der Waals surface area contributed by atoms with Crippen molar-refractivity contribution < 1.29 is 14.4 Å². The lowest BCUT2D eigenvalue weighted by Gasteiger charge is -2.30. The van der Waals surface area contributed by atoms with Crippen LogP contribution in [0.3, 0.4) is 0 Å². The zero-order chi connectivity index (χ0) is 12.4. The third kappa shape index (κ3) is 2.00. The monoisotopic (exact) mass is 234 g/mol. The average Bonchev–Trinajstić information content (AvgIpc) is 2.77. The zero-order valence-corrected chi connectivity index (χ0v) is 9.44. The Morgan fingerprint density at radius 2 is 2.24 bits per heavy atom. The maximum atomic E-state index is 12.1. The van der Waals surface area contributed by atoms with Crippen LogP contribution in [0.5, 0.6) is 0 Å². The standard InChI is InChI=1S/C12H14N2O3/c1-2-5-9-10(15)13-12(17)14(11(9)16)8-6-3-4-7-8/h2,6,9H,1,3-5,7H2,(H,13,15,17). The molecule has 0 radical (unpaired) electrons. The number of nitrogens with one attached hydrogen (secondary N) is 1. The van der Waals surface area contributed by atoms with E-state index in [2.05, 4.69) is 11.9 Å². The van der Waals surface area contributed by atoms with Gasteiger partial charge in [-0.2, -0.15) is 0 Å². The zero-order valence-electron chi connectivity index (χ0n) is 9.44. The molecule has 1 fully saturated rings. The van der Waals surface area contributed by atoms with Crippen molar-refractivity contribution in [3.05, 3.63) is 24.4 Å². The van der Waals surface area contributed by atoms with E-state index in [9.17, 15) is 14.4 Å². The van der Waals surface area contributed by atoms with Crippen LogP contribution in [0.15, 0.2) is 24.4 Å². The number of carbonyl (C=O) groups excluding carboxylic acids is 3. The molecule has 4 amide bonds. The minimum atomic E-state index is -0.827. The highest BCUT2D eigenvalue weighted by molar-refractivity contribution is 6.17. The molecular weight excluding hydrogens is 220 g/mol. The van der Waals surface area contributed by atoms with Gasteiger partial charge in [0.15, 0.2) is 0 Å². The first-order valence-corrected chi connectivity index (χ1v) is 5.64. The van der Waals surface area contributed by atoms with Crippen molar-refractivity contribution in [2.45, 2.75) is 25.7 Å². The molecule has 0 aromatic rings. The normalized spacial score (nSPS) is 24.7. The number of barbiturate groups is 1. The molecule has 1 N–H and O–H groups in total. The molecule has 0 bridgehead atoms. The number of hydrogen-bond acceptors (Lipinski definition) is 3. The number of urea groups is 1. The van der Waals surface area contributed by atoms with Crippen molar-refractivity contribution in [2.24, 2.45) is 5.92 Å². The SMILES string of the molecule is C=CCC1C(=O)NC(=O)N(C2=CCCC2)C1=O. The Labute approximate surface area is 99.2 Å². The van der Waals surface area contributed by atoms with Gasteiger partial charge < -0.3 is 0 Å². The van der Waals surface area contributed by atoms with Crippen molar-refractivity contribution in [3.63, 3.8) is 0 Å². The second kappa shape index (κ2) is 4.53. The van der Waals surface area contributed by atoms with E-state index in [-0.39, 0.29) is 6.42 Å². The van der Waals surface area contributed by atoms with Gasteiger partial charge in [-0.05, 0) is 25.7 Å². The number of nitrogens with zero attached hydrogens (tertiary/aromatic N) is 1. The number of allylic oxidation sites excluding steroid dienone is 3. The number of amides is 4. The lowest BCUT2D eigenvalue weighted by molar-refractivity contribution is -0.141. The van der Waals surface area contributed by atoms with Crippen molar-refractivity contribution in [1.82, 2.24) is 10.2 Å². The average molecular weight is 234 g/mol. The molecule has 0 spiro atoms. The molecule has 2 rings (SSSR count). The summed E-state index contributed by atoms with van der Waals surface area (Å²) in [5, 5.41) is 2.21. The summed E-state index contributed by atoms with van der Waals surface area (Å²) in [6.07, 6.45) is 6.15. The van der Waals surface area contributed by atoms with Crippen LogP contribution in [0.1, 0.15) is 25.7 Å². The molecule has 0 saturated carbocycles.